The number of hydrogen-bond donors (Lipinski definition) is 1. The predicted octanol–water partition coefficient (Wildman–Crippen LogP) is 3.76. The minimum atomic E-state index is -0.219. The number of nitrogens with zero attached hydrogens (tertiary/aromatic N) is 3. The topological polar surface area (TPSA) is 58.1 Å². The Bertz CT molecular complexity index is 719. The molecule has 24 heavy (non-hydrogen) atoms. The van der Waals surface area contributed by atoms with Gasteiger partial charge in [0.25, 0.3) is 5.91 Å². The van der Waals surface area contributed by atoms with E-state index in [1.807, 2.05) is 25.1 Å². The molecule has 126 valence electrons. The largest absolute Gasteiger partial charge is 0.372 e. The monoisotopic (exact) mass is 324 g/mol. The number of amides is 1. The molecule has 0 radical (unpaired) electrons. The van der Waals surface area contributed by atoms with Crippen LogP contribution in [0.3, 0.4) is 0 Å². The van der Waals surface area contributed by atoms with E-state index >= 15 is 0 Å². The molecule has 5 nitrogen and oxygen atoms in total. The highest BCUT2D eigenvalue weighted by atomic mass is 16.1. The van der Waals surface area contributed by atoms with Crippen molar-refractivity contribution in [2.24, 2.45) is 0 Å². The van der Waals surface area contributed by atoms with E-state index in [2.05, 4.69) is 40.3 Å². The number of carbonyl (C=O) groups excluding carboxylic acids is 1. The van der Waals surface area contributed by atoms with E-state index in [9.17, 15) is 4.79 Å². The first-order valence-electron chi connectivity index (χ1n) is 8.63. The zero-order valence-corrected chi connectivity index (χ0v) is 14.5. The molecule has 1 aromatic carbocycles. The number of anilines is 2. The van der Waals surface area contributed by atoms with Gasteiger partial charge >= 0.3 is 0 Å². The lowest BCUT2D eigenvalue weighted by atomic mass is 10.1. The lowest BCUT2D eigenvalue weighted by molar-refractivity contribution is 0.102. The molecular formula is C19H24N4O. The van der Waals surface area contributed by atoms with E-state index in [0.717, 1.165) is 30.0 Å². The molecule has 0 unspecified atom stereocenters. The van der Waals surface area contributed by atoms with Gasteiger partial charge in [-0.15, -0.1) is 5.10 Å². The fraction of sp³-hybridized carbons (Fsp3) is 0.421. The summed E-state index contributed by atoms with van der Waals surface area (Å²) in [4.78, 5) is 14.6. The lowest BCUT2D eigenvalue weighted by Gasteiger charge is -2.22. The molecule has 0 spiro atoms. The first kappa shape index (κ1) is 16.4. The molecule has 0 atom stereocenters. The van der Waals surface area contributed by atoms with Crippen LogP contribution in [0.15, 0.2) is 30.3 Å². The van der Waals surface area contributed by atoms with E-state index in [1.54, 1.807) is 6.07 Å². The molecule has 0 bridgehead atoms. The van der Waals surface area contributed by atoms with Gasteiger partial charge in [0.15, 0.2) is 5.69 Å². The Kier molecular flexibility index (Phi) is 4.79. The van der Waals surface area contributed by atoms with Gasteiger partial charge in [-0.2, -0.15) is 5.10 Å². The fourth-order valence-corrected chi connectivity index (χ4v) is 2.82. The summed E-state index contributed by atoms with van der Waals surface area (Å²) < 4.78 is 0. The van der Waals surface area contributed by atoms with Crippen molar-refractivity contribution in [3.8, 4) is 0 Å². The van der Waals surface area contributed by atoms with Gasteiger partial charge in [-0.25, -0.2) is 0 Å². The minimum Gasteiger partial charge on any atom is -0.372 e. The summed E-state index contributed by atoms with van der Waals surface area (Å²) in [7, 11) is 0. The Morgan fingerprint density at radius 2 is 1.92 bits per heavy atom. The molecule has 2 aromatic rings. The Morgan fingerprint density at radius 1 is 1.17 bits per heavy atom. The molecule has 1 saturated carbocycles. The average molecular weight is 324 g/mol. The summed E-state index contributed by atoms with van der Waals surface area (Å²) in [5, 5.41) is 11.2. The molecular weight excluding hydrogens is 300 g/mol. The number of nitrogens with one attached hydrogen (secondary N) is 1. The quantitative estimate of drug-likeness (QED) is 0.879. The van der Waals surface area contributed by atoms with Crippen LogP contribution in [0.2, 0.25) is 0 Å². The van der Waals surface area contributed by atoms with Crippen LogP contribution in [0, 0.1) is 6.92 Å². The molecule has 1 fully saturated rings. The standard InChI is InChI=1S/C19H24N4O/c1-4-23(5-2)15-8-9-16(13(3)12-15)20-19(24)18-11-10-17(21-22-18)14-6-7-14/h8-12,14H,4-7H2,1-3H3,(H,20,24). The third kappa shape index (κ3) is 3.55. The second-order valence-corrected chi connectivity index (χ2v) is 6.24. The van der Waals surface area contributed by atoms with Crippen molar-refractivity contribution in [2.75, 3.05) is 23.3 Å². The molecule has 3 rings (SSSR count). The van der Waals surface area contributed by atoms with Crippen molar-refractivity contribution in [2.45, 2.75) is 39.5 Å². The maximum Gasteiger partial charge on any atom is 0.276 e. The molecule has 1 aromatic heterocycles. The second kappa shape index (κ2) is 6.99. The van der Waals surface area contributed by atoms with E-state index in [-0.39, 0.29) is 5.91 Å². The van der Waals surface area contributed by atoms with Crippen molar-refractivity contribution in [3.63, 3.8) is 0 Å². The summed E-state index contributed by atoms with van der Waals surface area (Å²) in [6.07, 6.45) is 2.36. The Morgan fingerprint density at radius 3 is 2.46 bits per heavy atom. The summed E-state index contributed by atoms with van der Waals surface area (Å²) in [5.41, 5.74) is 4.36. The third-order valence-electron chi connectivity index (χ3n) is 4.50. The van der Waals surface area contributed by atoms with Gasteiger partial charge in [0, 0.05) is 30.4 Å². The summed E-state index contributed by atoms with van der Waals surface area (Å²) in [6.45, 7) is 8.20. The zero-order valence-electron chi connectivity index (χ0n) is 14.5. The first-order chi connectivity index (χ1) is 11.6. The Hall–Kier alpha value is -2.43. The number of carbonyl (C=O) groups is 1. The zero-order chi connectivity index (χ0) is 17.1. The maximum absolute atomic E-state index is 12.4. The average Bonchev–Trinajstić information content (AvgIpc) is 3.43. The van der Waals surface area contributed by atoms with E-state index in [1.165, 1.54) is 18.5 Å². The van der Waals surface area contributed by atoms with Crippen LogP contribution < -0.4 is 10.2 Å². The van der Waals surface area contributed by atoms with Crippen molar-refractivity contribution in [1.29, 1.82) is 0 Å². The number of hydrogen-bond acceptors (Lipinski definition) is 4. The molecule has 1 heterocycles. The van der Waals surface area contributed by atoms with Crippen LogP contribution >= 0.6 is 0 Å². The predicted molar refractivity (Wildman–Crippen MR) is 96.7 cm³/mol. The SMILES string of the molecule is CCN(CC)c1ccc(NC(=O)c2ccc(C3CC3)nn2)c(C)c1. The van der Waals surface area contributed by atoms with E-state index < -0.39 is 0 Å². The molecule has 1 amide bonds. The smallest absolute Gasteiger partial charge is 0.276 e. The normalized spacial score (nSPS) is 13.6. The highest BCUT2D eigenvalue weighted by Gasteiger charge is 2.25. The van der Waals surface area contributed by atoms with Gasteiger partial charge in [-0.3, -0.25) is 4.79 Å². The summed E-state index contributed by atoms with van der Waals surface area (Å²) >= 11 is 0. The number of aromatic nitrogens is 2. The summed E-state index contributed by atoms with van der Waals surface area (Å²) in [5.74, 6) is 0.327. The minimum absolute atomic E-state index is 0.219. The lowest BCUT2D eigenvalue weighted by Crippen LogP contribution is -2.22. The molecule has 1 aliphatic carbocycles. The van der Waals surface area contributed by atoms with Gasteiger partial charge in [-0.05, 0) is 69.5 Å². The van der Waals surface area contributed by atoms with Gasteiger partial charge < -0.3 is 10.2 Å². The van der Waals surface area contributed by atoms with Crippen molar-refractivity contribution in [1.82, 2.24) is 10.2 Å². The molecule has 0 saturated heterocycles. The fourth-order valence-electron chi connectivity index (χ4n) is 2.82. The maximum atomic E-state index is 12.4. The van der Waals surface area contributed by atoms with E-state index in [0.29, 0.717) is 11.6 Å². The van der Waals surface area contributed by atoms with Crippen molar-refractivity contribution in [3.05, 3.63) is 47.3 Å². The molecule has 0 aliphatic heterocycles. The molecule has 1 N–H and O–H groups in total. The van der Waals surface area contributed by atoms with Gasteiger partial charge in [0.2, 0.25) is 0 Å². The highest BCUT2D eigenvalue weighted by molar-refractivity contribution is 6.03. The summed E-state index contributed by atoms with van der Waals surface area (Å²) in [6, 6.07) is 9.76. The van der Waals surface area contributed by atoms with Gasteiger partial charge in [-0.1, -0.05) is 0 Å². The van der Waals surface area contributed by atoms with Crippen LogP contribution in [-0.2, 0) is 0 Å². The van der Waals surface area contributed by atoms with Gasteiger partial charge in [0.05, 0.1) is 5.69 Å². The molecule has 5 heteroatoms. The Labute approximate surface area is 143 Å². The van der Waals surface area contributed by atoms with Gasteiger partial charge in [0.1, 0.15) is 0 Å². The van der Waals surface area contributed by atoms with Crippen molar-refractivity contribution >= 4 is 17.3 Å². The van der Waals surface area contributed by atoms with Crippen LogP contribution in [0.25, 0.3) is 0 Å². The number of benzene rings is 1. The number of aryl methyl sites for hydroxylation is 1. The highest BCUT2D eigenvalue weighted by Crippen LogP contribution is 2.38. The number of rotatable bonds is 6. The van der Waals surface area contributed by atoms with Crippen LogP contribution in [0.1, 0.15) is 54.4 Å². The van der Waals surface area contributed by atoms with Crippen LogP contribution in [-0.4, -0.2) is 29.2 Å². The first-order valence-corrected chi connectivity index (χ1v) is 8.63. The Balaban J connectivity index is 1.71. The molecule has 1 aliphatic rings. The second-order valence-electron chi connectivity index (χ2n) is 6.24. The van der Waals surface area contributed by atoms with E-state index in [4.69, 9.17) is 0 Å². The third-order valence-corrected chi connectivity index (χ3v) is 4.50. The van der Waals surface area contributed by atoms with Crippen LogP contribution in [0.5, 0.6) is 0 Å². The van der Waals surface area contributed by atoms with Crippen molar-refractivity contribution < 1.29 is 4.79 Å². The van der Waals surface area contributed by atoms with Crippen LogP contribution in [0.4, 0.5) is 11.4 Å².